The van der Waals surface area contributed by atoms with E-state index in [9.17, 15) is 9.90 Å². The number of esters is 1. The molecule has 0 aliphatic heterocycles. The molecule has 3 atom stereocenters. The highest BCUT2D eigenvalue weighted by atomic mass is 16.6. The molecule has 0 amide bonds. The molecule has 0 spiro atoms. The molecule has 3 rings (SSSR count). The molecule has 0 radical (unpaired) electrons. The number of hydrogen-bond acceptors (Lipinski definition) is 8. The first-order valence-electron chi connectivity index (χ1n) is 11.8. The fourth-order valence-corrected chi connectivity index (χ4v) is 4.63. The summed E-state index contributed by atoms with van der Waals surface area (Å²) in [4.78, 5) is 13.0. The van der Waals surface area contributed by atoms with Gasteiger partial charge in [0.25, 0.3) is 0 Å². The van der Waals surface area contributed by atoms with Crippen LogP contribution in [-0.2, 0) is 11.2 Å². The molecule has 0 saturated carbocycles. The van der Waals surface area contributed by atoms with Gasteiger partial charge < -0.3 is 33.5 Å². The van der Waals surface area contributed by atoms with E-state index >= 15 is 0 Å². The minimum Gasteiger partial charge on any atom is -0.493 e. The highest BCUT2D eigenvalue weighted by Crippen LogP contribution is 2.57. The fraction of sp³-hybridized carbons (Fsp3) is 0.464. The van der Waals surface area contributed by atoms with E-state index in [4.69, 9.17) is 28.4 Å². The summed E-state index contributed by atoms with van der Waals surface area (Å²) in [6.07, 6.45) is 1.40. The van der Waals surface area contributed by atoms with Gasteiger partial charge in [-0.2, -0.15) is 0 Å². The lowest BCUT2D eigenvalue weighted by Crippen LogP contribution is -2.23. The third kappa shape index (κ3) is 4.57. The van der Waals surface area contributed by atoms with Crippen molar-refractivity contribution in [2.45, 2.75) is 40.2 Å². The highest BCUT2D eigenvalue weighted by Gasteiger charge is 2.37. The van der Waals surface area contributed by atoms with Crippen molar-refractivity contribution in [1.29, 1.82) is 0 Å². The number of benzene rings is 2. The van der Waals surface area contributed by atoms with E-state index < -0.39 is 12.1 Å². The first kappa shape index (κ1) is 27.2. The number of hydrogen-bond donors (Lipinski definition) is 1. The van der Waals surface area contributed by atoms with E-state index in [1.807, 2.05) is 13.0 Å². The van der Waals surface area contributed by atoms with Crippen LogP contribution in [-0.4, -0.2) is 46.6 Å². The molecule has 0 fully saturated rings. The number of carbonyl (C=O) groups is 1. The summed E-state index contributed by atoms with van der Waals surface area (Å²) >= 11 is 0. The average molecular weight is 501 g/mol. The minimum absolute atomic E-state index is 0.0740. The second-order valence-electron chi connectivity index (χ2n) is 8.93. The SMILES string of the molecule is CC=C(C)C(=O)Oc1c(OC)c(OC)cc2c1-c1c(cc(OC)c(OC)c1OC)[C@H](O)[C@H](C)[C@@H](C)C2. The van der Waals surface area contributed by atoms with E-state index in [1.54, 1.807) is 26.0 Å². The number of ether oxygens (including phenoxy) is 6. The summed E-state index contributed by atoms with van der Waals surface area (Å²) < 4.78 is 34.4. The Kier molecular flexibility index (Phi) is 8.40. The Labute approximate surface area is 212 Å². The zero-order valence-corrected chi connectivity index (χ0v) is 22.5. The normalized spacial score (nSPS) is 19.3. The second-order valence-corrected chi connectivity index (χ2v) is 8.93. The molecule has 2 aromatic rings. The molecule has 2 aromatic carbocycles. The molecule has 0 aromatic heterocycles. The van der Waals surface area contributed by atoms with Gasteiger partial charge in [0, 0.05) is 16.7 Å². The van der Waals surface area contributed by atoms with Crippen LogP contribution in [0.1, 0.15) is 44.9 Å². The number of aliphatic hydroxyl groups excluding tert-OH is 1. The van der Waals surface area contributed by atoms with Crippen molar-refractivity contribution in [3.8, 4) is 45.6 Å². The molecule has 8 nitrogen and oxygen atoms in total. The maximum absolute atomic E-state index is 13.0. The van der Waals surface area contributed by atoms with Gasteiger partial charge in [0.1, 0.15) is 0 Å². The molecule has 0 saturated heterocycles. The van der Waals surface area contributed by atoms with Gasteiger partial charge in [-0.25, -0.2) is 4.79 Å². The van der Waals surface area contributed by atoms with Crippen LogP contribution in [0.25, 0.3) is 11.1 Å². The van der Waals surface area contributed by atoms with Crippen LogP contribution < -0.4 is 28.4 Å². The van der Waals surface area contributed by atoms with E-state index in [0.717, 1.165) is 5.56 Å². The Morgan fingerprint density at radius 2 is 1.42 bits per heavy atom. The van der Waals surface area contributed by atoms with Crippen LogP contribution in [0.2, 0.25) is 0 Å². The molecule has 0 heterocycles. The van der Waals surface area contributed by atoms with Gasteiger partial charge in [-0.1, -0.05) is 19.9 Å². The summed E-state index contributed by atoms with van der Waals surface area (Å²) in [5.74, 6) is 1.42. The summed E-state index contributed by atoms with van der Waals surface area (Å²) in [5, 5.41) is 11.5. The molecule has 0 bridgehead atoms. The van der Waals surface area contributed by atoms with Gasteiger partial charge in [0.05, 0.1) is 41.7 Å². The summed E-state index contributed by atoms with van der Waals surface area (Å²) in [5.41, 5.74) is 2.96. The molecule has 1 N–H and O–H groups in total. The molecule has 1 aliphatic carbocycles. The molecule has 0 unspecified atom stereocenters. The van der Waals surface area contributed by atoms with Crippen LogP contribution in [0.4, 0.5) is 0 Å². The molecule has 1 aliphatic rings. The van der Waals surface area contributed by atoms with Crippen LogP contribution in [0.15, 0.2) is 23.8 Å². The Hall–Kier alpha value is -3.39. The largest absolute Gasteiger partial charge is 0.493 e. The zero-order chi connectivity index (χ0) is 26.7. The van der Waals surface area contributed by atoms with Gasteiger partial charge in [-0.3, -0.25) is 0 Å². The lowest BCUT2D eigenvalue weighted by Gasteiger charge is -2.33. The summed E-state index contributed by atoms with van der Waals surface area (Å²) in [6, 6.07) is 3.63. The van der Waals surface area contributed by atoms with E-state index in [2.05, 4.69) is 6.92 Å². The molecule has 36 heavy (non-hydrogen) atoms. The lowest BCUT2D eigenvalue weighted by atomic mass is 9.76. The van der Waals surface area contributed by atoms with Gasteiger partial charge in [0.2, 0.25) is 11.5 Å². The predicted octanol–water partition coefficient (Wildman–Crippen LogP) is 5.13. The molecular formula is C28H36O8. The Balaban J connectivity index is 2.57. The van der Waals surface area contributed by atoms with Crippen molar-refractivity contribution in [3.63, 3.8) is 0 Å². The van der Waals surface area contributed by atoms with Crippen molar-refractivity contribution in [1.82, 2.24) is 0 Å². The first-order valence-corrected chi connectivity index (χ1v) is 11.8. The maximum atomic E-state index is 13.0. The topological polar surface area (TPSA) is 92.7 Å². The number of allylic oxidation sites excluding steroid dienone is 1. The molecule has 196 valence electrons. The maximum Gasteiger partial charge on any atom is 0.338 e. The summed E-state index contributed by atoms with van der Waals surface area (Å²) in [7, 11) is 7.58. The van der Waals surface area contributed by atoms with E-state index in [1.165, 1.54) is 35.5 Å². The van der Waals surface area contributed by atoms with Crippen molar-refractivity contribution in [2.24, 2.45) is 11.8 Å². The standard InChI is InChI=1S/C28H36O8/c1-10-14(2)28(30)36-27-21-17(12-19(31-5)25(27)34-8)11-15(3)16(4)23(29)18-13-20(32-6)24(33-7)26(35-9)22(18)21/h10,12-13,15-16,23,29H,11H2,1-9H3/t15-,16+,23+/m0/s1. The van der Waals surface area contributed by atoms with E-state index in [0.29, 0.717) is 51.7 Å². The Bertz CT molecular complexity index is 1170. The second kappa shape index (κ2) is 11.1. The predicted molar refractivity (Wildman–Crippen MR) is 137 cm³/mol. The van der Waals surface area contributed by atoms with Gasteiger partial charge in [-0.15, -0.1) is 0 Å². The third-order valence-corrected chi connectivity index (χ3v) is 7.02. The van der Waals surface area contributed by atoms with Crippen LogP contribution in [0.3, 0.4) is 0 Å². The number of aliphatic hydroxyl groups is 1. The van der Waals surface area contributed by atoms with E-state index in [-0.39, 0.29) is 23.3 Å². The number of carbonyl (C=O) groups excluding carboxylic acids is 1. The Morgan fingerprint density at radius 3 is 1.94 bits per heavy atom. The van der Waals surface area contributed by atoms with Crippen LogP contribution in [0.5, 0.6) is 34.5 Å². The van der Waals surface area contributed by atoms with Gasteiger partial charge in [0.15, 0.2) is 23.0 Å². The van der Waals surface area contributed by atoms with Crippen molar-refractivity contribution >= 4 is 5.97 Å². The van der Waals surface area contributed by atoms with Crippen LogP contribution >= 0.6 is 0 Å². The highest BCUT2D eigenvalue weighted by molar-refractivity contribution is 5.94. The lowest BCUT2D eigenvalue weighted by molar-refractivity contribution is -0.130. The monoisotopic (exact) mass is 500 g/mol. The number of methoxy groups -OCH3 is 5. The fourth-order valence-electron chi connectivity index (χ4n) is 4.63. The zero-order valence-electron chi connectivity index (χ0n) is 22.5. The first-order chi connectivity index (χ1) is 17.2. The van der Waals surface area contributed by atoms with Crippen molar-refractivity contribution < 1.29 is 38.3 Å². The quantitative estimate of drug-likeness (QED) is 0.318. The van der Waals surface area contributed by atoms with Gasteiger partial charge in [-0.05, 0) is 55.4 Å². The van der Waals surface area contributed by atoms with Crippen molar-refractivity contribution in [2.75, 3.05) is 35.5 Å². The average Bonchev–Trinajstić information content (AvgIpc) is 2.89. The summed E-state index contributed by atoms with van der Waals surface area (Å²) in [6.45, 7) is 7.52. The molecule has 8 heteroatoms. The van der Waals surface area contributed by atoms with Gasteiger partial charge >= 0.3 is 5.97 Å². The Morgan fingerprint density at radius 1 is 0.861 bits per heavy atom. The molecular weight excluding hydrogens is 464 g/mol. The minimum atomic E-state index is -0.856. The number of rotatable bonds is 7. The van der Waals surface area contributed by atoms with Crippen LogP contribution in [0, 0.1) is 11.8 Å². The van der Waals surface area contributed by atoms with Crippen molar-refractivity contribution in [3.05, 3.63) is 34.9 Å². The number of fused-ring (bicyclic) bond motifs is 3. The third-order valence-electron chi connectivity index (χ3n) is 7.02. The smallest absolute Gasteiger partial charge is 0.338 e.